The lowest BCUT2D eigenvalue weighted by molar-refractivity contribution is 0.586. The Bertz CT molecular complexity index is 570. The fourth-order valence-electron chi connectivity index (χ4n) is 1.65. The molecule has 0 fully saturated rings. The SMILES string of the molecule is Cc1c(-c2c(F)cc(Br)cc2F)nn(C)c1N. The number of nitrogen functional groups attached to an aromatic ring is 1. The van der Waals surface area contributed by atoms with E-state index in [0.717, 1.165) is 0 Å². The second kappa shape index (κ2) is 4.10. The van der Waals surface area contributed by atoms with E-state index in [-0.39, 0.29) is 11.3 Å². The summed E-state index contributed by atoms with van der Waals surface area (Å²) in [6, 6.07) is 2.39. The lowest BCUT2D eigenvalue weighted by Crippen LogP contribution is -1.97. The Hall–Kier alpha value is -1.43. The first kappa shape index (κ1) is 12.0. The van der Waals surface area contributed by atoms with E-state index in [4.69, 9.17) is 5.73 Å². The van der Waals surface area contributed by atoms with Gasteiger partial charge < -0.3 is 5.73 Å². The van der Waals surface area contributed by atoms with Crippen molar-refractivity contribution in [2.45, 2.75) is 6.92 Å². The van der Waals surface area contributed by atoms with Gasteiger partial charge in [0.25, 0.3) is 0 Å². The standard InChI is InChI=1S/C11H10BrF2N3/c1-5-10(16-17(2)11(5)15)9-7(13)3-6(12)4-8(9)14/h3-4H,15H2,1-2H3. The van der Waals surface area contributed by atoms with Crippen LogP contribution in [0.3, 0.4) is 0 Å². The quantitative estimate of drug-likeness (QED) is 0.880. The van der Waals surface area contributed by atoms with Gasteiger partial charge in [-0.25, -0.2) is 8.78 Å². The average molecular weight is 302 g/mol. The molecule has 0 saturated heterocycles. The highest BCUT2D eigenvalue weighted by Gasteiger charge is 2.19. The van der Waals surface area contributed by atoms with Gasteiger partial charge in [0.2, 0.25) is 0 Å². The number of benzene rings is 1. The summed E-state index contributed by atoms with van der Waals surface area (Å²) in [5.74, 6) is -0.946. The third kappa shape index (κ3) is 1.93. The van der Waals surface area contributed by atoms with Crippen molar-refractivity contribution in [1.82, 2.24) is 9.78 Å². The molecule has 0 radical (unpaired) electrons. The Morgan fingerprint density at radius 3 is 2.24 bits per heavy atom. The molecule has 3 nitrogen and oxygen atoms in total. The van der Waals surface area contributed by atoms with E-state index >= 15 is 0 Å². The van der Waals surface area contributed by atoms with Gasteiger partial charge in [-0.3, -0.25) is 4.68 Å². The lowest BCUT2D eigenvalue weighted by Gasteiger charge is -2.03. The molecule has 0 saturated carbocycles. The molecular weight excluding hydrogens is 292 g/mol. The number of rotatable bonds is 1. The number of halogens is 3. The van der Waals surface area contributed by atoms with Crippen LogP contribution < -0.4 is 5.73 Å². The van der Waals surface area contributed by atoms with Gasteiger partial charge in [-0.05, 0) is 19.1 Å². The molecular formula is C11H10BrF2N3. The van der Waals surface area contributed by atoms with Crippen molar-refractivity contribution in [3.05, 3.63) is 33.8 Å². The van der Waals surface area contributed by atoms with Crippen LogP contribution in [0.2, 0.25) is 0 Å². The Labute approximate surface area is 105 Å². The summed E-state index contributed by atoms with van der Waals surface area (Å²) in [6.45, 7) is 1.68. The van der Waals surface area contributed by atoms with Crippen molar-refractivity contribution < 1.29 is 8.78 Å². The topological polar surface area (TPSA) is 43.8 Å². The molecule has 1 aromatic heterocycles. The number of nitrogens with two attached hydrogens (primary N) is 1. The van der Waals surface area contributed by atoms with E-state index in [9.17, 15) is 8.78 Å². The first-order valence-electron chi connectivity index (χ1n) is 4.85. The number of aryl methyl sites for hydroxylation is 1. The third-order valence-corrected chi connectivity index (χ3v) is 3.04. The highest BCUT2D eigenvalue weighted by molar-refractivity contribution is 9.10. The molecule has 17 heavy (non-hydrogen) atoms. The van der Waals surface area contributed by atoms with Crippen LogP contribution in [-0.2, 0) is 7.05 Å². The van der Waals surface area contributed by atoms with Gasteiger partial charge in [0.15, 0.2) is 0 Å². The van der Waals surface area contributed by atoms with Crippen molar-refractivity contribution in [3.8, 4) is 11.3 Å². The fourth-order valence-corrected chi connectivity index (χ4v) is 2.05. The molecule has 0 bridgehead atoms. The van der Waals surface area contributed by atoms with Crippen LogP contribution in [0.5, 0.6) is 0 Å². The molecule has 6 heteroatoms. The van der Waals surface area contributed by atoms with Crippen LogP contribution >= 0.6 is 15.9 Å². The molecule has 1 aromatic carbocycles. The number of anilines is 1. The summed E-state index contributed by atoms with van der Waals surface area (Å²) < 4.78 is 29.3. The van der Waals surface area contributed by atoms with Crippen molar-refractivity contribution in [1.29, 1.82) is 0 Å². The second-order valence-electron chi connectivity index (χ2n) is 3.73. The van der Waals surface area contributed by atoms with E-state index in [0.29, 0.717) is 15.9 Å². The van der Waals surface area contributed by atoms with Gasteiger partial charge in [0, 0.05) is 17.1 Å². The monoisotopic (exact) mass is 301 g/mol. The molecule has 1 heterocycles. The Morgan fingerprint density at radius 2 is 1.82 bits per heavy atom. The van der Waals surface area contributed by atoms with Gasteiger partial charge in [0.05, 0.1) is 5.56 Å². The number of hydrogen-bond acceptors (Lipinski definition) is 2. The Morgan fingerprint density at radius 1 is 1.29 bits per heavy atom. The van der Waals surface area contributed by atoms with Crippen molar-refractivity contribution in [2.24, 2.45) is 7.05 Å². The van der Waals surface area contributed by atoms with Crippen LogP contribution in [0.4, 0.5) is 14.6 Å². The maximum absolute atomic E-state index is 13.8. The highest BCUT2D eigenvalue weighted by Crippen LogP contribution is 2.32. The van der Waals surface area contributed by atoms with Crippen molar-refractivity contribution in [2.75, 3.05) is 5.73 Å². The minimum Gasteiger partial charge on any atom is -0.384 e. The van der Waals surface area contributed by atoms with E-state index in [1.807, 2.05) is 0 Å². The minimum atomic E-state index is -0.668. The van der Waals surface area contributed by atoms with E-state index in [2.05, 4.69) is 21.0 Å². The zero-order valence-electron chi connectivity index (χ0n) is 9.26. The summed E-state index contributed by atoms with van der Waals surface area (Å²) in [5, 5.41) is 4.03. The van der Waals surface area contributed by atoms with E-state index < -0.39 is 11.6 Å². The average Bonchev–Trinajstić information content (AvgIpc) is 2.45. The van der Waals surface area contributed by atoms with Gasteiger partial charge in [-0.2, -0.15) is 5.10 Å². The second-order valence-corrected chi connectivity index (χ2v) is 4.64. The largest absolute Gasteiger partial charge is 0.384 e. The van der Waals surface area contributed by atoms with Crippen molar-refractivity contribution >= 4 is 21.7 Å². The molecule has 0 amide bonds. The molecule has 0 spiro atoms. The molecule has 2 rings (SSSR count). The molecule has 0 atom stereocenters. The summed E-state index contributed by atoms with van der Waals surface area (Å²) in [7, 11) is 1.63. The van der Waals surface area contributed by atoms with Gasteiger partial charge in [0.1, 0.15) is 23.1 Å². The van der Waals surface area contributed by atoms with Crippen LogP contribution in [0, 0.1) is 18.6 Å². The summed E-state index contributed by atoms with van der Waals surface area (Å²) in [5.41, 5.74) is 6.35. The zero-order valence-corrected chi connectivity index (χ0v) is 10.8. The van der Waals surface area contributed by atoms with Crippen LogP contribution in [-0.4, -0.2) is 9.78 Å². The normalized spacial score (nSPS) is 10.9. The first-order valence-corrected chi connectivity index (χ1v) is 5.65. The smallest absolute Gasteiger partial charge is 0.136 e. The summed E-state index contributed by atoms with van der Waals surface area (Å²) in [6.07, 6.45) is 0. The van der Waals surface area contributed by atoms with Gasteiger partial charge in [-0.1, -0.05) is 15.9 Å². The Kier molecular flexibility index (Phi) is 2.91. The molecule has 0 aliphatic rings. The number of aromatic nitrogens is 2. The van der Waals surface area contributed by atoms with Gasteiger partial charge in [-0.15, -0.1) is 0 Å². The highest BCUT2D eigenvalue weighted by atomic mass is 79.9. The van der Waals surface area contributed by atoms with Gasteiger partial charge >= 0.3 is 0 Å². The van der Waals surface area contributed by atoms with E-state index in [1.54, 1.807) is 14.0 Å². The molecule has 0 unspecified atom stereocenters. The number of hydrogen-bond donors (Lipinski definition) is 1. The maximum atomic E-state index is 13.8. The first-order chi connectivity index (χ1) is 7.91. The molecule has 90 valence electrons. The maximum Gasteiger partial charge on any atom is 0.136 e. The molecule has 2 aromatic rings. The van der Waals surface area contributed by atoms with Crippen LogP contribution in [0.1, 0.15) is 5.56 Å². The third-order valence-electron chi connectivity index (χ3n) is 2.58. The minimum absolute atomic E-state index is 0.155. The predicted octanol–water partition coefficient (Wildman–Crippen LogP) is 3.02. The predicted molar refractivity (Wildman–Crippen MR) is 65.4 cm³/mol. The van der Waals surface area contributed by atoms with Crippen LogP contribution in [0.25, 0.3) is 11.3 Å². The Balaban J connectivity index is 2.73. The number of nitrogens with zero attached hydrogens (tertiary/aromatic N) is 2. The molecule has 0 aliphatic heterocycles. The zero-order chi connectivity index (χ0) is 12.7. The molecule has 0 aliphatic carbocycles. The van der Waals surface area contributed by atoms with Crippen LogP contribution in [0.15, 0.2) is 16.6 Å². The molecule has 2 N–H and O–H groups in total. The van der Waals surface area contributed by atoms with Crippen molar-refractivity contribution in [3.63, 3.8) is 0 Å². The lowest BCUT2D eigenvalue weighted by atomic mass is 10.1. The van der Waals surface area contributed by atoms with E-state index in [1.165, 1.54) is 16.8 Å². The fraction of sp³-hybridized carbons (Fsp3) is 0.182. The summed E-state index contributed by atoms with van der Waals surface area (Å²) in [4.78, 5) is 0. The summed E-state index contributed by atoms with van der Waals surface area (Å²) >= 11 is 3.03.